The van der Waals surface area contributed by atoms with Crippen molar-refractivity contribution >= 4 is 17.5 Å². The Bertz CT molecular complexity index is 707. The van der Waals surface area contributed by atoms with Crippen molar-refractivity contribution < 1.29 is 9.90 Å². The molecular formula is C14H11N5O2. The van der Waals surface area contributed by atoms with Crippen LogP contribution in [0.5, 0.6) is 5.75 Å². The van der Waals surface area contributed by atoms with E-state index in [2.05, 4.69) is 20.6 Å². The minimum Gasteiger partial charge on any atom is -0.506 e. The van der Waals surface area contributed by atoms with Crippen LogP contribution < -0.4 is 10.6 Å². The van der Waals surface area contributed by atoms with Gasteiger partial charge in [-0.1, -0.05) is 12.1 Å². The van der Waals surface area contributed by atoms with Crippen LogP contribution in [-0.2, 0) is 4.79 Å². The Morgan fingerprint density at radius 1 is 1.24 bits per heavy atom. The quantitative estimate of drug-likeness (QED) is 0.446. The van der Waals surface area contributed by atoms with Gasteiger partial charge < -0.3 is 15.7 Å². The van der Waals surface area contributed by atoms with Crippen LogP contribution in [0.2, 0.25) is 0 Å². The molecule has 7 heteroatoms. The Hall–Kier alpha value is -3.40. The first-order valence-corrected chi connectivity index (χ1v) is 5.94. The molecule has 0 spiro atoms. The number of phenols is 1. The maximum Gasteiger partial charge on any atom is 0.267 e. The summed E-state index contributed by atoms with van der Waals surface area (Å²) >= 11 is 0. The van der Waals surface area contributed by atoms with Crippen molar-refractivity contribution in [2.75, 3.05) is 10.6 Å². The Kier molecular flexibility index (Phi) is 4.46. The summed E-state index contributed by atoms with van der Waals surface area (Å²) in [6.07, 6.45) is 4.25. The molecule has 0 unspecified atom stereocenters. The first kappa shape index (κ1) is 14.0. The number of aromatic hydroxyl groups is 1. The van der Waals surface area contributed by atoms with E-state index in [1.807, 2.05) is 0 Å². The average Bonchev–Trinajstić information content (AvgIpc) is 2.51. The van der Waals surface area contributed by atoms with Gasteiger partial charge >= 0.3 is 0 Å². The number of hydrogen-bond acceptors (Lipinski definition) is 6. The van der Waals surface area contributed by atoms with E-state index >= 15 is 0 Å². The zero-order valence-corrected chi connectivity index (χ0v) is 10.8. The topological polar surface area (TPSA) is 111 Å². The van der Waals surface area contributed by atoms with Crippen LogP contribution in [0.4, 0.5) is 11.6 Å². The fraction of sp³-hybridized carbons (Fsp3) is 0. The maximum atomic E-state index is 11.9. The molecule has 2 rings (SSSR count). The zero-order chi connectivity index (χ0) is 15.1. The minimum absolute atomic E-state index is 0.0810. The van der Waals surface area contributed by atoms with Crippen LogP contribution in [0.1, 0.15) is 0 Å². The van der Waals surface area contributed by atoms with Crippen molar-refractivity contribution in [3.63, 3.8) is 0 Å². The van der Waals surface area contributed by atoms with E-state index in [0.717, 1.165) is 0 Å². The van der Waals surface area contributed by atoms with Gasteiger partial charge in [0.15, 0.2) is 0 Å². The molecule has 0 bridgehead atoms. The predicted molar refractivity (Wildman–Crippen MR) is 76.1 cm³/mol. The molecule has 1 amide bonds. The van der Waals surface area contributed by atoms with Crippen LogP contribution in [0, 0.1) is 11.3 Å². The third kappa shape index (κ3) is 3.78. The van der Waals surface area contributed by atoms with Crippen LogP contribution in [-0.4, -0.2) is 21.0 Å². The zero-order valence-electron chi connectivity index (χ0n) is 10.8. The minimum atomic E-state index is -0.651. The summed E-state index contributed by atoms with van der Waals surface area (Å²) in [5.41, 5.74) is 0.0466. The largest absolute Gasteiger partial charge is 0.506 e. The summed E-state index contributed by atoms with van der Waals surface area (Å²) in [6.45, 7) is 0. The predicted octanol–water partition coefficient (Wildman–Crippen LogP) is 1.64. The molecule has 104 valence electrons. The molecule has 0 aliphatic carbocycles. The molecule has 0 fully saturated rings. The number of carbonyl (C=O) groups is 1. The number of hydrogen-bond donors (Lipinski definition) is 3. The molecule has 1 aromatic carbocycles. The number of phenolic OH excluding ortho intramolecular Hbond substituents is 1. The van der Waals surface area contributed by atoms with Gasteiger partial charge in [-0.05, 0) is 18.2 Å². The summed E-state index contributed by atoms with van der Waals surface area (Å²) in [4.78, 5) is 19.7. The van der Waals surface area contributed by atoms with E-state index in [9.17, 15) is 9.90 Å². The number of para-hydroxylation sites is 2. The van der Waals surface area contributed by atoms with Crippen molar-refractivity contribution in [2.45, 2.75) is 0 Å². The van der Waals surface area contributed by atoms with Gasteiger partial charge in [0.25, 0.3) is 5.91 Å². The molecule has 0 aliphatic heterocycles. The molecular weight excluding hydrogens is 270 g/mol. The summed E-state index contributed by atoms with van der Waals surface area (Å²) in [5.74, 6) is -0.467. The Balaban J connectivity index is 2.09. The molecule has 1 heterocycles. The van der Waals surface area contributed by atoms with Gasteiger partial charge in [-0.3, -0.25) is 4.79 Å². The van der Waals surface area contributed by atoms with Gasteiger partial charge in [-0.2, -0.15) is 5.26 Å². The number of amides is 1. The van der Waals surface area contributed by atoms with E-state index in [1.54, 1.807) is 24.3 Å². The highest BCUT2D eigenvalue weighted by Gasteiger charge is 2.11. The van der Waals surface area contributed by atoms with Gasteiger partial charge in [0.05, 0.1) is 5.69 Å². The number of aromatic nitrogens is 2. The SMILES string of the molecule is N#C/C(=C/Nc1ncccn1)C(=O)Nc1ccccc1O. The van der Waals surface area contributed by atoms with Crippen molar-refractivity contribution in [2.24, 2.45) is 0 Å². The van der Waals surface area contributed by atoms with Crippen LogP contribution in [0.15, 0.2) is 54.5 Å². The van der Waals surface area contributed by atoms with Crippen molar-refractivity contribution in [3.05, 3.63) is 54.5 Å². The van der Waals surface area contributed by atoms with Crippen LogP contribution in [0.3, 0.4) is 0 Å². The van der Waals surface area contributed by atoms with Crippen molar-refractivity contribution in [1.29, 1.82) is 5.26 Å². The molecule has 7 nitrogen and oxygen atoms in total. The fourth-order valence-corrected chi connectivity index (χ4v) is 1.43. The molecule has 2 aromatic rings. The van der Waals surface area contributed by atoms with Crippen molar-refractivity contribution in [1.82, 2.24) is 9.97 Å². The number of benzene rings is 1. The Labute approximate surface area is 120 Å². The second-order valence-corrected chi connectivity index (χ2v) is 3.86. The molecule has 3 N–H and O–H groups in total. The number of nitrogens with zero attached hydrogens (tertiary/aromatic N) is 3. The number of anilines is 2. The Morgan fingerprint density at radius 3 is 2.62 bits per heavy atom. The molecule has 21 heavy (non-hydrogen) atoms. The third-order valence-corrected chi connectivity index (χ3v) is 2.43. The van der Waals surface area contributed by atoms with Crippen LogP contribution in [0.25, 0.3) is 0 Å². The summed E-state index contributed by atoms with van der Waals surface area (Å²) in [6, 6.07) is 9.64. The highest BCUT2D eigenvalue weighted by molar-refractivity contribution is 6.07. The van der Waals surface area contributed by atoms with Crippen molar-refractivity contribution in [3.8, 4) is 11.8 Å². The molecule has 1 aromatic heterocycles. The third-order valence-electron chi connectivity index (χ3n) is 2.43. The highest BCUT2D eigenvalue weighted by Crippen LogP contribution is 2.21. The molecule has 0 radical (unpaired) electrons. The summed E-state index contributed by atoms with van der Waals surface area (Å²) in [5, 5.41) is 23.7. The lowest BCUT2D eigenvalue weighted by atomic mass is 10.2. The number of nitrogens with one attached hydrogen (secondary N) is 2. The molecule has 0 aliphatic rings. The smallest absolute Gasteiger partial charge is 0.267 e. The number of rotatable bonds is 4. The molecule has 0 saturated heterocycles. The molecule has 0 atom stereocenters. The van der Waals surface area contributed by atoms with Gasteiger partial charge in [-0.15, -0.1) is 0 Å². The Morgan fingerprint density at radius 2 is 1.95 bits per heavy atom. The second kappa shape index (κ2) is 6.68. The first-order valence-electron chi connectivity index (χ1n) is 5.94. The highest BCUT2D eigenvalue weighted by atomic mass is 16.3. The van der Waals surface area contributed by atoms with Gasteiger partial charge in [0, 0.05) is 18.6 Å². The first-order chi connectivity index (χ1) is 10.2. The number of nitriles is 1. The standard InChI is InChI=1S/C14H11N5O2/c15-8-10(9-18-14-16-6-3-7-17-14)13(21)19-11-4-1-2-5-12(11)20/h1-7,9,20H,(H,19,21)(H,16,17,18)/b10-9-. The number of carbonyl (C=O) groups excluding carboxylic acids is 1. The van der Waals surface area contributed by atoms with Crippen LogP contribution >= 0.6 is 0 Å². The lowest BCUT2D eigenvalue weighted by Gasteiger charge is -2.06. The van der Waals surface area contributed by atoms with E-state index < -0.39 is 5.91 Å². The lowest BCUT2D eigenvalue weighted by Crippen LogP contribution is -2.14. The van der Waals surface area contributed by atoms with E-state index in [-0.39, 0.29) is 23.0 Å². The van der Waals surface area contributed by atoms with E-state index in [4.69, 9.17) is 5.26 Å². The van der Waals surface area contributed by atoms with E-state index in [1.165, 1.54) is 30.7 Å². The van der Waals surface area contributed by atoms with Gasteiger partial charge in [-0.25, -0.2) is 9.97 Å². The normalized spacial score (nSPS) is 10.5. The fourth-order valence-electron chi connectivity index (χ4n) is 1.43. The van der Waals surface area contributed by atoms with Gasteiger partial charge in [0.1, 0.15) is 17.4 Å². The van der Waals surface area contributed by atoms with E-state index in [0.29, 0.717) is 0 Å². The molecule has 0 saturated carbocycles. The summed E-state index contributed by atoms with van der Waals surface area (Å²) in [7, 11) is 0. The van der Waals surface area contributed by atoms with Gasteiger partial charge in [0.2, 0.25) is 5.95 Å². The maximum absolute atomic E-state index is 11.9. The summed E-state index contributed by atoms with van der Waals surface area (Å²) < 4.78 is 0. The lowest BCUT2D eigenvalue weighted by molar-refractivity contribution is -0.112. The average molecular weight is 281 g/mol. The second-order valence-electron chi connectivity index (χ2n) is 3.86. The monoisotopic (exact) mass is 281 g/mol.